The van der Waals surface area contributed by atoms with Crippen LogP contribution in [0.2, 0.25) is 0 Å². The zero-order valence-electron chi connectivity index (χ0n) is 18.0. The number of phenols is 1. The number of methoxy groups -OCH3 is 2. The number of fused-ring (bicyclic) bond motifs is 1. The number of ether oxygens (including phenoxy) is 4. The number of morpholine rings is 1. The Hall–Kier alpha value is -3.52. The highest BCUT2D eigenvalue weighted by molar-refractivity contribution is 6.12. The van der Waals surface area contributed by atoms with Gasteiger partial charge in [0.15, 0.2) is 5.76 Å². The number of phenolic OH excluding ortho intramolecular Hbond substituents is 1. The van der Waals surface area contributed by atoms with Crippen LogP contribution in [0.15, 0.2) is 48.4 Å². The van der Waals surface area contributed by atoms with Gasteiger partial charge in [-0.2, -0.15) is 0 Å². The van der Waals surface area contributed by atoms with Gasteiger partial charge < -0.3 is 29.0 Å². The lowest BCUT2D eigenvalue weighted by Gasteiger charge is -2.25. The van der Waals surface area contributed by atoms with Gasteiger partial charge in [0.05, 0.1) is 39.4 Å². The minimum absolute atomic E-state index is 0.0348. The summed E-state index contributed by atoms with van der Waals surface area (Å²) in [6.07, 6.45) is 1.65. The van der Waals surface area contributed by atoms with Gasteiger partial charge in [0.2, 0.25) is 5.78 Å². The summed E-state index contributed by atoms with van der Waals surface area (Å²) in [7, 11) is 2.88. The molecule has 0 radical (unpaired) electrons. The van der Waals surface area contributed by atoms with Crippen molar-refractivity contribution in [2.75, 3.05) is 40.5 Å². The van der Waals surface area contributed by atoms with Crippen molar-refractivity contribution >= 4 is 11.8 Å². The van der Waals surface area contributed by atoms with Crippen LogP contribution in [0.3, 0.4) is 0 Å². The Balaban J connectivity index is 1.75. The van der Waals surface area contributed by atoms with Crippen molar-refractivity contribution in [1.29, 1.82) is 0 Å². The number of nitrogens with zero attached hydrogens (tertiary/aromatic N) is 1. The fraction of sp³-hybridized carbons (Fsp3) is 0.333. The smallest absolute Gasteiger partial charge is 0.306 e. The Morgan fingerprint density at radius 2 is 1.88 bits per heavy atom. The molecule has 1 atom stereocenters. The number of esters is 1. The fourth-order valence-electron chi connectivity index (χ4n) is 3.93. The van der Waals surface area contributed by atoms with Gasteiger partial charge in [-0.05, 0) is 29.8 Å². The van der Waals surface area contributed by atoms with Crippen molar-refractivity contribution in [3.8, 4) is 17.2 Å². The summed E-state index contributed by atoms with van der Waals surface area (Å²) in [5, 5.41) is 10.8. The molecule has 2 heterocycles. The Labute approximate surface area is 185 Å². The maximum atomic E-state index is 13.0. The van der Waals surface area contributed by atoms with Gasteiger partial charge in [-0.1, -0.05) is 12.1 Å². The summed E-state index contributed by atoms with van der Waals surface area (Å²) in [5.41, 5.74) is 1.47. The van der Waals surface area contributed by atoms with Gasteiger partial charge in [-0.3, -0.25) is 9.59 Å². The fourth-order valence-corrected chi connectivity index (χ4v) is 3.93. The van der Waals surface area contributed by atoms with Crippen LogP contribution in [0.1, 0.15) is 33.8 Å². The van der Waals surface area contributed by atoms with E-state index < -0.39 is 11.9 Å². The summed E-state index contributed by atoms with van der Waals surface area (Å²) in [6, 6.07) is 10.2. The highest BCUT2D eigenvalue weighted by atomic mass is 16.5. The van der Waals surface area contributed by atoms with Gasteiger partial charge in [0, 0.05) is 30.8 Å². The van der Waals surface area contributed by atoms with E-state index in [0.29, 0.717) is 43.2 Å². The quantitative estimate of drug-likeness (QED) is 0.543. The summed E-state index contributed by atoms with van der Waals surface area (Å²) in [6.45, 7) is 2.47. The number of allylic oxidation sites excluding steroid dienone is 1. The molecule has 32 heavy (non-hydrogen) atoms. The summed E-state index contributed by atoms with van der Waals surface area (Å²) in [5.74, 6) is -0.252. The average Bonchev–Trinajstić information content (AvgIpc) is 3.13. The molecule has 4 rings (SSSR count). The first-order chi connectivity index (χ1) is 15.5. The molecule has 0 saturated carbocycles. The third-order valence-electron chi connectivity index (χ3n) is 5.66. The van der Waals surface area contributed by atoms with Gasteiger partial charge in [-0.15, -0.1) is 0 Å². The van der Waals surface area contributed by atoms with E-state index in [1.54, 1.807) is 31.5 Å². The van der Waals surface area contributed by atoms with E-state index in [9.17, 15) is 14.7 Å². The number of aromatic hydroxyl groups is 1. The molecule has 2 aliphatic heterocycles. The molecule has 2 aliphatic rings. The van der Waals surface area contributed by atoms with Crippen LogP contribution < -0.4 is 9.47 Å². The normalized spacial score (nSPS) is 17.6. The third kappa shape index (κ3) is 4.27. The largest absolute Gasteiger partial charge is 0.508 e. The number of ketones is 1. The Kier molecular flexibility index (Phi) is 6.32. The van der Waals surface area contributed by atoms with Crippen LogP contribution in [-0.2, 0) is 14.3 Å². The Morgan fingerprint density at radius 3 is 2.53 bits per heavy atom. The van der Waals surface area contributed by atoms with Gasteiger partial charge in [0.1, 0.15) is 17.2 Å². The lowest BCUT2D eigenvalue weighted by molar-refractivity contribution is -0.140. The van der Waals surface area contributed by atoms with Crippen LogP contribution in [0.5, 0.6) is 17.2 Å². The lowest BCUT2D eigenvalue weighted by atomic mass is 9.86. The molecule has 0 bridgehead atoms. The van der Waals surface area contributed by atoms with Crippen molar-refractivity contribution in [1.82, 2.24) is 4.90 Å². The first-order valence-electron chi connectivity index (χ1n) is 10.3. The van der Waals surface area contributed by atoms with E-state index in [0.717, 1.165) is 5.56 Å². The number of Topliss-reactive ketones (excluding diaryl/α,β-unsaturated/α-hetero) is 1. The zero-order chi connectivity index (χ0) is 22.7. The highest BCUT2D eigenvalue weighted by Gasteiger charge is 2.35. The Morgan fingerprint density at radius 1 is 1.16 bits per heavy atom. The molecule has 0 aromatic heterocycles. The minimum Gasteiger partial charge on any atom is -0.508 e. The zero-order valence-corrected chi connectivity index (χ0v) is 18.0. The molecule has 1 N–H and O–H groups in total. The predicted octanol–water partition coefficient (Wildman–Crippen LogP) is 2.84. The van der Waals surface area contributed by atoms with Gasteiger partial charge in [0.25, 0.3) is 0 Å². The molecule has 0 spiro atoms. The SMILES string of the molecule is COC(=O)C[C@H](c1ccc(OC)cc1)c1c(O)ccc2c1O/C(=C\N1CCOCC1)C2=O. The maximum absolute atomic E-state index is 13.0. The van der Waals surface area contributed by atoms with Crippen LogP contribution in [0, 0.1) is 0 Å². The number of hydrogen-bond donors (Lipinski definition) is 1. The second-order valence-corrected chi connectivity index (χ2v) is 7.55. The Bertz CT molecular complexity index is 1040. The van der Waals surface area contributed by atoms with Crippen LogP contribution in [-0.4, -0.2) is 62.3 Å². The summed E-state index contributed by atoms with van der Waals surface area (Å²) in [4.78, 5) is 27.2. The molecule has 1 fully saturated rings. The van der Waals surface area contributed by atoms with E-state index in [1.165, 1.54) is 13.2 Å². The van der Waals surface area contributed by atoms with Crippen molar-refractivity contribution in [3.05, 3.63) is 65.0 Å². The monoisotopic (exact) mass is 439 g/mol. The molecule has 0 unspecified atom stereocenters. The second kappa shape index (κ2) is 9.32. The van der Waals surface area contributed by atoms with Crippen LogP contribution in [0.4, 0.5) is 0 Å². The van der Waals surface area contributed by atoms with Crippen molar-refractivity contribution < 1.29 is 33.6 Å². The maximum Gasteiger partial charge on any atom is 0.306 e. The summed E-state index contributed by atoms with van der Waals surface area (Å²) < 4.78 is 21.4. The van der Waals surface area contributed by atoms with Crippen molar-refractivity contribution in [2.45, 2.75) is 12.3 Å². The standard InChI is InChI=1S/C24H25NO7/c1-29-16-5-3-15(4-6-16)18(13-21(27)30-2)22-19(26)8-7-17-23(28)20(32-24(17)22)14-25-9-11-31-12-10-25/h3-8,14,18,26H,9-13H2,1-2H3/b20-14-/t18-/m1/s1. The second-order valence-electron chi connectivity index (χ2n) is 7.55. The molecular formula is C24H25NO7. The van der Waals surface area contributed by atoms with E-state index in [4.69, 9.17) is 18.9 Å². The predicted molar refractivity (Wildman–Crippen MR) is 115 cm³/mol. The summed E-state index contributed by atoms with van der Waals surface area (Å²) >= 11 is 0. The molecule has 2 aromatic carbocycles. The van der Waals surface area contributed by atoms with Crippen molar-refractivity contribution in [2.24, 2.45) is 0 Å². The number of benzene rings is 2. The lowest BCUT2D eigenvalue weighted by Crippen LogP contribution is -2.32. The van der Waals surface area contributed by atoms with E-state index in [2.05, 4.69) is 0 Å². The van der Waals surface area contributed by atoms with E-state index in [-0.39, 0.29) is 29.5 Å². The highest BCUT2D eigenvalue weighted by Crippen LogP contribution is 2.46. The van der Waals surface area contributed by atoms with Gasteiger partial charge >= 0.3 is 5.97 Å². The molecular weight excluding hydrogens is 414 g/mol. The molecule has 1 saturated heterocycles. The van der Waals surface area contributed by atoms with Crippen LogP contribution >= 0.6 is 0 Å². The topological polar surface area (TPSA) is 94.5 Å². The minimum atomic E-state index is -0.584. The molecule has 8 nitrogen and oxygen atoms in total. The molecule has 0 aliphatic carbocycles. The number of rotatable bonds is 6. The van der Waals surface area contributed by atoms with Crippen LogP contribution in [0.25, 0.3) is 0 Å². The molecule has 0 amide bonds. The number of carbonyl (C=O) groups excluding carboxylic acids is 2. The van der Waals surface area contributed by atoms with E-state index in [1.807, 2.05) is 17.0 Å². The molecule has 8 heteroatoms. The molecule has 2 aromatic rings. The van der Waals surface area contributed by atoms with Crippen molar-refractivity contribution in [3.63, 3.8) is 0 Å². The molecule has 168 valence electrons. The number of carbonyl (C=O) groups is 2. The first-order valence-corrected chi connectivity index (χ1v) is 10.3. The average molecular weight is 439 g/mol. The third-order valence-corrected chi connectivity index (χ3v) is 5.66. The van der Waals surface area contributed by atoms with Gasteiger partial charge in [-0.25, -0.2) is 0 Å². The first kappa shape index (κ1) is 21.7. The van der Waals surface area contributed by atoms with E-state index >= 15 is 0 Å². The number of hydrogen-bond acceptors (Lipinski definition) is 8.